The van der Waals surface area contributed by atoms with Crippen LogP contribution >= 0.6 is 0 Å². The summed E-state index contributed by atoms with van der Waals surface area (Å²) in [6.07, 6.45) is 3.73. The Kier molecular flexibility index (Phi) is 3.82. The zero-order chi connectivity index (χ0) is 19.9. The van der Waals surface area contributed by atoms with Crippen LogP contribution in [-0.4, -0.2) is 9.97 Å². The van der Waals surface area contributed by atoms with Crippen LogP contribution in [0.1, 0.15) is 0 Å². The third-order valence-electron chi connectivity index (χ3n) is 5.74. The van der Waals surface area contributed by atoms with Crippen molar-refractivity contribution >= 4 is 32.4 Å². The average Bonchev–Trinajstić information content (AvgIpc) is 2.82. The molecule has 0 fully saturated rings. The Morgan fingerprint density at radius 1 is 0.467 bits per heavy atom. The second-order valence-corrected chi connectivity index (χ2v) is 7.47. The molecule has 4 aromatic carbocycles. The monoisotopic (exact) mass is 382 g/mol. The first kappa shape index (κ1) is 16.9. The van der Waals surface area contributed by atoms with E-state index in [0.717, 1.165) is 22.2 Å². The number of rotatable bonds is 2. The largest absolute Gasteiger partial charge is 0.256 e. The van der Waals surface area contributed by atoms with E-state index in [0.29, 0.717) is 0 Å². The lowest BCUT2D eigenvalue weighted by atomic mass is 9.89. The fourth-order valence-corrected chi connectivity index (χ4v) is 4.42. The quantitative estimate of drug-likeness (QED) is 0.294. The van der Waals surface area contributed by atoms with Crippen molar-refractivity contribution in [2.45, 2.75) is 0 Å². The summed E-state index contributed by atoms with van der Waals surface area (Å²) in [6.45, 7) is 0. The van der Waals surface area contributed by atoms with E-state index < -0.39 is 0 Å². The van der Waals surface area contributed by atoms with Gasteiger partial charge >= 0.3 is 0 Å². The first-order valence-corrected chi connectivity index (χ1v) is 10.1. The predicted molar refractivity (Wildman–Crippen MR) is 125 cm³/mol. The van der Waals surface area contributed by atoms with Crippen LogP contribution in [0.15, 0.2) is 109 Å². The van der Waals surface area contributed by atoms with Crippen LogP contribution < -0.4 is 0 Å². The molecule has 0 unspecified atom stereocenters. The normalized spacial score (nSPS) is 11.3. The molecular weight excluding hydrogens is 364 g/mol. The van der Waals surface area contributed by atoms with Gasteiger partial charge in [0.15, 0.2) is 0 Å². The summed E-state index contributed by atoms with van der Waals surface area (Å²) in [7, 11) is 0. The molecule has 2 nitrogen and oxygen atoms in total. The van der Waals surface area contributed by atoms with Crippen molar-refractivity contribution in [2.24, 2.45) is 0 Å². The number of nitrogens with zero attached hydrogens (tertiary/aromatic N) is 2. The smallest absolute Gasteiger partial charge is 0.0793 e. The minimum Gasteiger partial charge on any atom is -0.256 e. The average molecular weight is 382 g/mol. The van der Waals surface area contributed by atoms with E-state index >= 15 is 0 Å². The summed E-state index contributed by atoms with van der Waals surface area (Å²) >= 11 is 0. The van der Waals surface area contributed by atoms with Crippen molar-refractivity contribution in [3.63, 3.8) is 0 Å². The van der Waals surface area contributed by atoms with E-state index in [-0.39, 0.29) is 0 Å². The van der Waals surface area contributed by atoms with Gasteiger partial charge in [0.25, 0.3) is 0 Å². The summed E-state index contributed by atoms with van der Waals surface area (Å²) in [5, 5.41) is 5.99. The molecule has 0 amide bonds. The Bertz CT molecular complexity index is 1480. The van der Waals surface area contributed by atoms with Crippen LogP contribution in [-0.2, 0) is 0 Å². The van der Waals surface area contributed by atoms with Crippen molar-refractivity contribution < 1.29 is 0 Å². The molecule has 0 aliphatic heterocycles. The molecule has 0 aliphatic rings. The molecule has 6 rings (SSSR count). The van der Waals surface area contributed by atoms with Gasteiger partial charge in [-0.05, 0) is 51.4 Å². The molecule has 2 heteroatoms. The Hall–Kier alpha value is -4.04. The first-order valence-electron chi connectivity index (χ1n) is 10.1. The van der Waals surface area contributed by atoms with Gasteiger partial charge in [-0.15, -0.1) is 0 Å². The highest BCUT2D eigenvalue weighted by atomic mass is 14.7. The standard InChI is InChI=1S/C28H18N2/c1-2-9-20-18-21(15-14-19(20)8-1)26-22-10-3-4-11-23(22)27(25-13-5-6-16-29-25)24-12-7-17-30-28(24)26/h1-18H. The topological polar surface area (TPSA) is 25.8 Å². The number of benzene rings is 4. The van der Waals surface area contributed by atoms with E-state index in [4.69, 9.17) is 4.98 Å². The van der Waals surface area contributed by atoms with Crippen LogP contribution in [0.5, 0.6) is 0 Å². The van der Waals surface area contributed by atoms with Gasteiger partial charge in [-0.2, -0.15) is 0 Å². The minimum absolute atomic E-state index is 0.969. The Labute approximate surface area is 174 Å². The van der Waals surface area contributed by atoms with E-state index in [9.17, 15) is 0 Å². The molecule has 0 bridgehead atoms. The van der Waals surface area contributed by atoms with Crippen molar-refractivity contribution in [3.05, 3.63) is 109 Å². The van der Waals surface area contributed by atoms with Crippen LogP contribution in [0.4, 0.5) is 0 Å². The third-order valence-corrected chi connectivity index (χ3v) is 5.74. The molecule has 2 aromatic heterocycles. The van der Waals surface area contributed by atoms with E-state index in [2.05, 4.69) is 83.8 Å². The summed E-state index contributed by atoms with van der Waals surface area (Å²) in [4.78, 5) is 9.51. The Morgan fingerprint density at radius 3 is 2.00 bits per heavy atom. The summed E-state index contributed by atoms with van der Waals surface area (Å²) in [6, 6.07) is 34.0. The van der Waals surface area contributed by atoms with Gasteiger partial charge in [0.2, 0.25) is 0 Å². The Morgan fingerprint density at radius 2 is 1.17 bits per heavy atom. The van der Waals surface area contributed by atoms with Gasteiger partial charge < -0.3 is 0 Å². The van der Waals surface area contributed by atoms with Gasteiger partial charge in [0, 0.05) is 28.9 Å². The van der Waals surface area contributed by atoms with Gasteiger partial charge in [0.05, 0.1) is 11.2 Å². The van der Waals surface area contributed by atoms with Crippen molar-refractivity contribution in [1.82, 2.24) is 9.97 Å². The molecular formula is C28H18N2. The third kappa shape index (κ3) is 2.58. The molecule has 0 spiro atoms. The van der Waals surface area contributed by atoms with Crippen molar-refractivity contribution in [3.8, 4) is 22.4 Å². The van der Waals surface area contributed by atoms with Crippen LogP contribution in [0.3, 0.4) is 0 Å². The van der Waals surface area contributed by atoms with Crippen LogP contribution in [0.2, 0.25) is 0 Å². The van der Waals surface area contributed by atoms with E-state index in [1.54, 1.807) is 0 Å². The van der Waals surface area contributed by atoms with E-state index in [1.165, 1.54) is 32.7 Å². The SMILES string of the molecule is c1ccc(-c2c3ccccc3c(-c3ccc4ccccc4c3)c3ncccc23)nc1. The molecule has 0 aliphatic carbocycles. The molecule has 6 aromatic rings. The number of fused-ring (bicyclic) bond motifs is 3. The fraction of sp³-hybridized carbons (Fsp3) is 0. The van der Waals surface area contributed by atoms with Crippen LogP contribution in [0.25, 0.3) is 54.8 Å². The zero-order valence-electron chi connectivity index (χ0n) is 16.3. The number of aromatic nitrogens is 2. The lowest BCUT2D eigenvalue weighted by molar-refractivity contribution is 1.33. The second kappa shape index (κ2) is 6.78. The van der Waals surface area contributed by atoms with E-state index in [1.807, 2.05) is 30.6 Å². The fourth-order valence-electron chi connectivity index (χ4n) is 4.42. The van der Waals surface area contributed by atoms with Gasteiger partial charge in [0.1, 0.15) is 0 Å². The summed E-state index contributed by atoms with van der Waals surface area (Å²) in [5.41, 5.74) is 5.47. The zero-order valence-corrected chi connectivity index (χ0v) is 16.3. The molecule has 0 atom stereocenters. The first-order chi connectivity index (χ1) is 14.9. The lowest BCUT2D eigenvalue weighted by Crippen LogP contribution is -1.93. The molecule has 2 heterocycles. The summed E-state index contributed by atoms with van der Waals surface area (Å²) in [5.74, 6) is 0. The van der Waals surface area contributed by atoms with Gasteiger partial charge in [-0.1, -0.05) is 72.8 Å². The second-order valence-electron chi connectivity index (χ2n) is 7.47. The maximum Gasteiger partial charge on any atom is 0.0793 e. The lowest BCUT2D eigenvalue weighted by Gasteiger charge is -2.16. The van der Waals surface area contributed by atoms with Crippen molar-refractivity contribution in [2.75, 3.05) is 0 Å². The number of hydrogen-bond donors (Lipinski definition) is 0. The Balaban J connectivity index is 1.79. The molecule has 140 valence electrons. The molecule has 30 heavy (non-hydrogen) atoms. The highest BCUT2D eigenvalue weighted by molar-refractivity contribution is 6.20. The number of hydrogen-bond acceptors (Lipinski definition) is 2. The molecule has 0 saturated carbocycles. The maximum atomic E-state index is 4.85. The molecule has 0 radical (unpaired) electrons. The molecule has 0 saturated heterocycles. The molecule has 0 N–H and O–H groups in total. The highest BCUT2D eigenvalue weighted by Crippen LogP contribution is 2.42. The maximum absolute atomic E-state index is 4.85. The van der Waals surface area contributed by atoms with Gasteiger partial charge in [-0.25, -0.2) is 0 Å². The van der Waals surface area contributed by atoms with Crippen molar-refractivity contribution in [1.29, 1.82) is 0 Å². The predicted octanol–water partition coefficient (Wildman–Crippen LogP) is 7.27. The van der Waals surface area contributed by atoms with Gasteiger partial charge in [-0.3, -0.25) is 9.97 Å². The van der Waals surface area contributed by atoms with Crippen LogP contribution in [0, 0.1) is 0 Å². The highest BCUT2D eigenvalue weighted by Gasteiger charge is 2.17. The minimum atomic E-state index is 0.969. The summed E-state index contributed by atoms with van der Waals surface area (Å²) < 4.78 is 0. The number of pyridine rings is 2.